The van der Waals surface area contributed by atoms with Crippen LogP contribution in [0.5, 0.6) is 5.75 Å². The first-order chi connectivity index (χ1) is 13.2. The number of nitrogens with one attached hydrogen (secondary N) is 2. The number of aromatic nitrogens is 2. The number of nitrogens with zero attached hydrogens (tertiary/aromatic N) is 2. The molecule has 0 saturated heterocycles. The van der Waals surface area contributed by atoms with Crippen LogP contribution < -0.4 is 15.8 Å². The lowest BCUT2D eigenvalue weighted by Gasteiger charge is -2.10. The van der Waals surface area contributed by atoms with Gasteiger partial charge in [-0.25, -0.2) is 9.97 Å². The van der Waals surface area contributed by atoms with Crippen LogP contribution in [0, 0.1) is 5.41 Å². The maximum Gasteiger partial charge on any atom is 0.161 e. The van der Waals surface area contributed by atoms with Crippen LogP contribution in [0.3, 0.4) is 0 Å². The van der Waals surface area contributed by atoms with Crippen molar-refractivity contribution in [2.24, 2.45) is 0 Å². The van der Waals surface area contributed by atoms with Gasteiger partial charge in [0.2, 0.25) is 0 Å². The van der Waals surface area contributed by atoms with E-state index in [1.165, 1.54) is 6.21 Å². The van der Waals surface area contributed by atoms with Crippen LogP contribution in [0.2, 0.25) is 0 Å². The number of hydrogen-bond acceptors (Lipinski definition) is 7. The SMILES string of the molecule is COCCOc1cccc(-c2nccc(Nc3ccc(N)c(C=N)c3)n2)c1. The molecule has 27 heavy (non-hydrogen) atoms. The number of nitrogen functional groups attached to an aromatic ring is 1. The van der Waals surface area contributed by atoms with Gasteiger partial charge in [0.25, 0.3) is 0 Å². The number of rotatable bonds is 8. The van der Waals surface area contributed by atoms with Crippen molar-refractivity contribution < 1.29 is 9.47 Å². The molecule has 0 bridgehead atoms. The Morgan fingerprint density at radius 1 is 1.15 bits per heavy atom. The lowest BCUT2D eigenvalue weighted by molar-refractivity contribution is 0.146. The van der Waals surface area contributed by atoms with Gasteiger partial charge < -0.3 is 25.9 Å². The summed E-state index contributed by atoms with van der Waals surface area (Å²) in [6, 6.07) is 14.8. The van der Waals surface area contributed by atoms with Crippen molar-refractivity contribution in [3.8, 4) is 17.1 Å². The van der Waals surface area contributed by atoms with Crippen LogP contribution in [0.25, 0.3) is 11.4 Å². The number of anilines is 3. The average molecular weight is 363 g/mol. The molecule has 0 aliphatic rings. The van der Waals surface area contributed by atoms with Gasteiger partial charge in [0, 0.05) is 42.0 Å². The van der Waals surface area contributed by atoms with E-state index in [0.29, 0.717) is 36.1 Å². The predicted octanol–water partition coefficient (Wildman–Crippen LogP) is 3.49. The zero-order valence-electron chi connectivity index (χ0n) is 15.0. The van der Waals surface area contributed by atoms with E-state index in [-0.39, 0.29) is 0 Å². The van der Waals surface area contributed by atoms with Crippen molar-refractivity contribution in [2.45, 2.75) is 0 Å². The zero-order valence-corrected chi connectivity index (χ0v) is 15.0. The monoisotopic (exact) mass is 363 g/mol. The quantitative estimate of drug-likeness (QED) is 0.321. The molecule has 0 unspecified atom stereocenters. The van der Waals surface area contributed by atoms with E-state index in [0.717, 1.165) is 17.0 Å². The molecule has 1 heterocycles. The lowest BCUT2D eigenvalue weighted by Crippen LogP contribution is -2.04. The van der Waals surface area contributed by atoms with Gasteiger partial charge in [0.05, 0.1) is 6.61 Å². The number of ether oxygens (including phenoxy) is 2. The Labute approximate surface area is 157 Å². The summed E-state index contributed by atoms with van der Waals surface area (Å²) in [5, 5.41) is 10.6. The van der Waals surface area contributed by atoms with Gasteiger partial charge in [-0.2, -0.15) is 0 Å². The molecule has 7 heteroatoms. The normalized spacial score (nSPS) is 10.4. The minimum Gasteiger partial charge on any atom is -0.491 e. The Balaban J connectivity index is 1.79. The summed E-state index contributed by atoms with van der Waals surface area (Å²) in [5.74, 6) is 1.96. The highest BCUT2D eigenvalue weighted by molar-refractivity contribution is 5.87. The van der Waals surface area contributed by atoms with E-state index in [9.17, 15) is 0 Å². The fraction of sp³-hybridized carbons (Fsp3) is 0.150. The Kier molecular flexibility index (Phi) is 5.96. The molecule has 0 aliphatic heterocycles. The summed E-state index contributed by atoms with van der Waals surface area (Å²) in [4.78, 5) is 8.91. The molecule has 0 radical (unpaired) electrons. The molecular formula is C20H21N5O2. The number of methoxy groups -OCH3 is 1. The van der Waals surface area contributed by atoms with Gasteiger partial charge >= 0.3 is 0 Å². The second-order valence-corrected chi connectivity index (χ2v) is 5.75. The van der Waals surface area contributed by atoms with Gasteiger partial charge in [0.15, 0.2) is 5.82 Å². The smallest absolute Gasteiger partial charge is 0.161 e. The van der Waals surface area contributed by atoms with E-state index in [2.05, 4.69) is 15.3 Å². The van der Waals surface area contributed by atoms with E-state index in [4.69, 9.17) is 20.6 Å². The number of benzene rings is 2. The minimum absolute atomic E-state index is 0.481. The first kappa shape index (κ1) is 18.3. The topological polar surface area (TPSA) is 106 Å². The third-order valence-electron chi connectivity index (χ3n) is 3.82. The van der Waals surface area contributed by atoms with Crippen LogP contribution in [0.4, 0.5) is 17.2 Å². The van der Waals surface area contributed by atoms with Gasteiger partial charge in [-0.15, -0.1) is 0 Å². The molecule has 0 spiro atoms. The van der Waals surface area contributed by atoms with Crippen molar-refractivity contribution in [1.82, 2.24) is 9.97 Å². The summed E-state index contributed by atoms with van der Waals surface area (Å²) < 4.78 is 10.6. The van der Waals surface area contributed by atoms with Crippen LogP contribution >= 0.6 is 0 Å². The highest BCUT2D eigenvalue weighted by Gasteiger charge is 2.06. The average Bonchev–Trinajstić information content (AvgIpc) is 2.70. The summed E-state index contributed by atoms with van der Waals surface area (Å²) in [6.07, 6.45) is 2.92. The molecule has 3 rings (SSSR count). The minimum atomic E-state index is 0.481. The third kappa shape index (κ3) is 4.80. The van der Waals surface area contributed by atoms with Crippen LogP contribution in [0.15, 0.2) is 54.7 Å². The van der Waals surface area contributed by atoms with E-state index in [1.54, 1.807) is 31.5 Å². The predicted molar refractivity (Wildman–Crippen MR) is 107 cm³/mol. The van der Waals surface area contributed by atoms with Gasteiger partial charge in [-0.1, -0.05) is 12.1 Å². The van der Waals surface area contributed by atoms with Gasteiger partial charge in [-0.05, 0) is 36.4 Å². The molecule has 7 nitrogen and oxygen atoms in total. The van der Waals surface area contributed by atoms with Gasteiger partial charge in [0.1, 0.15) is 18.2 Å². The van der Waals surface area contributed by atoms with Crippen LogP contribution in [0.1, 0.15) is 5.56 Å². The van der Waals surface area contributed by atoms with Crippen LogP contribution in [-0.2, 0) is 4.74 Å². The fourth-order valence-electron chi connectivity index (χ4n) is 2.46. The summed E-state index contributed by atoms with van der Waals surface area (Å²) in [7, 11) is 1.64. The molecule has 2 aromatic carbocycles. The summed E-state index contributed by atoms with van der Waals surface area (Å²) in [6.45, 7) is 1.01. The Hall–Kier alpha value is -3.45. The maximum absolute atomic E-state index is 7.41. The van der Waals surface area contributed by atoms with E-state index >= 15 is 0 Å². The Morgan fingerprint density at radius 2 is 2.04 bits per heavy atom. The second kappa shape index (κ2) is 8.77. The molecule has 4 N–H and O–H groups in total. The fourth-order valence-corrected chi connectivity index (χ4v) is 2.46. The van der Waals surface area contributed by atoms with Crippen LogP contribution in [-0.4, -0.2) is 36.5 Å². The van der Waals surface area contributed by atoms with E-state index in [1.807, 2.05) is 30.3 Å². The molecule has 0 aliphatic carbocycles. The highest BCUT2D eigenvalue weighted by Crippen LogP contribution is 2.24. The molecule has 3 aromatic rings. The highest BCUT2D eigenvalue weighted by atomic mass is 16.5. The Morgan fingerprint density at radius 3 is 2.85 bits per heavy atom. The molecule has 0 saturated carbocycles. The summed E-state index contributed by atoms with van der Waals surface area (Å²) >= 11 is 0. The molecule has 138 valence electrons. The van der Waals surface area contributed by atoms with Crippen molar-refractivity contribution in [1.29, 1.82) is 5.41 Å². The summed E-state index contributed by atoms with van der Waals surface area (Å²) in [5.41, 5.74) is 8.68. The molecule has 0 fully saturated rings. The largest absolute Gasteiger partial charge is 0.491 e. The Bertz CT molecular complexity index is 930. The van der Waals surface area contributed by atoms with Gasteiger partial charge in [-0.3, -0.25) is 0 Å². The second-order valence-electron chi connectivity index (χ2n) is 5.75. The van der Waals surface area contributed by atoms with Crippen molar-refractivity contribution in [2.75, 3.05) is 31.4 Å². The molecule has 0 atom stereocenters. The zero-order chi connectivity index (χ0) is 19.1. The molecule has 0 amide bonds. The van der Waals surface area contributed by atoms with Crippen molar-refractivity contribution in [3.05, 3.63) is 60.3 Å². The first-order valence-electron chi connectivity index (χ1n) is 8.42. The molecular weight excluding hydrogens is 342 g/mol. The third-order valence-corrected chi connectivity index (χ3v) is 3.82. The molecule has 1 aromatic heterocycles. The maximum atomic E-state index is 7.41. The number of nitrogens with two attached hydrogens (primary N) is 1. The van der Waals surface area contributed by atoms with Crippen molar-refractivity contribution >= 4 is 23.4 Å². The first-order valence-corrected chi connectivity index (χ1v) is 8.42. The lowest BCUT2D eigenvalue weighted by atomic mass is 10.1. The number of hydrogen-bond donors (Lipinski definition) is 3. The van der Waals surface area contributed by atoms with Crippen molar-refractivity contribution in [3.63, 3.8) is 0 Å². The standard InChI is InChI=1S/C20H21N5O2/c1-26-9-10-27-17-4-2-3-14(12-17)20-23-8-7-19(25-20)24-16-5-6-18(22)15(11-16)13-21/h2-8,11-13,21H,9-10,22H2,1H3,(H,23,24,25). The van der Waals surface area contributed by atoms with E-state index < -0.39 is 0 Å².